The summed E-state index contributed by atoms with van der Waals surface area (Å²) >= 11 is 0. The molecule has 0 unspecified atom stereocenters. The summed E-state index contributed by atoms with van der Waals surface area (Å²) in [6, 6.07) is 15.7. The largest absolute Gasteiger partial charge is 0.397 e. The molecule has 4 nitrogen and oxygen atoms in total. The van der Waals surface area contributed by atoms with E-state index in [0.29, 0.717) is 11.4 Å². The zero-order valence-electron chi connectivity index (χ0n) is 12.9. The second-order valence-electron chi connectivity index (χ2n) is 5.34. The number of benzene rings is 2. The molecule has 4 heteroatoms. The average Bonchev–Trinajstić information content (AvgIpc) is 2.93. The van der Waals surface area contributed by atoms with Gasteiger partial charge in [-0.1, -0.05) is 43.0 Å². The number of aromatic nitrogens is 2. The summed E-state index contributed by atoms with van der Waals surface area (Å²) in [6.07, 6.45) is 3.34. The highest BCUT2D eigenvalue weighted by atomic mass is 16.1. The van der Waals surface area contributed by atoms with E-state index in [4.69, 9.17) is 5.73 Å². The smallest absolute Gasteiger partial charge is 0.152 e. The van der Waals surface area contributed by atoms with E-state index in [9.17, 15) is 4.79 Å². The fourth-order valence-corrected chi connectivity index (χ4v) is 2.44. The van der Waals surface area contributed by atoms with E-state index >= 15 is 0 Å². The monoisotopic (exact) mass is 303 g/mol. The molecule has 2 aromatic carbocycles. The Morgan fingerprint density at radius 1 is 1.17 bits per heavy atom. The van der Waals surface area contributed by atoms with Crippen LogP contribution in [0, 0.1) is 0 Å². The Hall–Kier alpha value is -3.14. The summed E-state index contributed by atoms with van der Waals surface area (Å²) in [5.74, 6) is 0.0262. The SMILES string of the molecule is C=C(N)c1nn(-c2ccc(/C=C/C(C)=O)cc2)c2ccccc12. The molecule has 2 N–H and O–H groups in total. The maximum atomic E-state index is 11.0. The van der Waals surface area contributed by atoms with Gasteiger partial charge in [0.05, 0.1) is 16.9 Å². The predicted octanol–water partition coefficient (Wildman–Crippen LogP) is 3.56. The van der Waals surface area contributed by atoms with E-state index in [0.717, 1.165) is 22.2 Å². The first kappa shape index (κ1) is 14.8. The van der Waals surface area contributed by atoms with Crippen molar-refractivity contribution in [2.45, 2.75) is 6.92 Å². The van der Waals surface area contributed by atoms with Crippen molar-refractivity contribution in [2.24, 2.45) is 5.73 Å². The molecule has 3 rings (SSSR count). The number of fused-ring (bicyclic) bond motifs is 1. The van der Waals surface area contributed by atoms with Crippen LogP contribution in [-0.4, -0.2) is 15.6 Å². The zero-order valence-corrected chi connectivity index (χ0v) is 12.9. The van der Waals surface area contributed by atoms with Crippen LogP contribution in [0.2, 0.25) is 0 Å². The number of nitrogens with two attached hydrogens (primary N) is 1. The standard InChI is InChI=1S/C19H17N3O/c1-13(23)7-8-15-9-11-16(12-10-15)22-18-6-4-3-5-17(18)19(21-22)14(2)20/h3-12H,2,20H2,1H3/b8-7+. The molecule has 1 aromatic heterocycles. The van der Waals surface area contributed by atoms with Crippen LogP contribution in [0.15, 0.2) is 61.2 Å². The van der Waals surface area contributed by atoms with Crippen LogP contribution in [0.25, 0.3) is 28.4 Å². The minimum atomic E-state index is 0.0262. The van der Waals surface area contributed by atoms with Gasteiger partial charge in [0.2, 0.25) is 0 Å². The molecule has 0 fully saturated rings. The van der Waals surface area contributed by atoms with Crippen molar-refractivity contribution in [2.75, 3.05) is 0 Å². The van der Waals surface area contributed by atoms with Gasteiger partial charge in [-0.25, -0.2) is 4.68 Å². The number of nitrogens with zero attached hydrogens (tertiary/aromatic N) is 2. The molecule has 3 aromatic rings. The van der Waals surface area contributed by atoms with Gasteiger partial charge in [-0.05, 0) is 36.8 Å². The summed E-state index contributed by atoms with van der Waals surface area (Å²) in [5.41, 5.74) is 9.85. The molecule has 0 aliphatic rings. The molecule has 0 aliphatic carbocycles. The average molecular weight is 303 g/mol. The molecular formula is C19H17N3O. The van der Waals surface area contributed by atoms with Crippen molar-refractivity contribution in [3.63, 3.8) is 0 Å². The molecule has 0 spiro atoms. The lowest BCUT2D eigenvalue weighted by molar-refractivity contribution is -0.112. The lowest BCUT2D eigenvalue weighted by Gasteiger charge is -2.04. The van der Waals surface area contributed by atoms with Crippen LogP contribution in [0.5, 0.6) is 0 Å². The first-order valence-electron chi connectivity index (χ1n) is 7.28. The maximum absolute atomic E-state index is 11.0. The van der Waals surface area contributed by atoms with Crippen molar-refractivity contribution in [1.29, 1.82) is 0 Å². The van der Waals surface area contributed by atoms with Crippen LogP contribution in [0.4, 0.5) is 0 Å². The Balaban J connectivity index is 2.07. The number of carbonyl (C=O) groups is 1. The fourth-order valence-electron chi connectivity index (χ4n) is 2.44. The molecule has 0 bridgehead atoms. The van der Waals surface area contributed by atoms with E-state index in [1.807, 2.05) is 53.2 Å². The van der Waals surface area contributed by atoms with Crippen molar-refractivity contribution in [3.8, 4) is 5.69 Å². The Morgan fingerprint density at radius 3 is 2.52 bits per heavy atom. The Labute approximate surface area is 134 Å². The Bertz CT molecular complexity index is 917. The van der Waals surface area contributed by atoms with Crippen LogP contribution in [0.1, 0.15) is 18.2 Å². The normalized spacial score (nSPS) is 11.2. The van der Waals surface area contributed by atoms with Gasteiger partial charge >= 0.3 is 0 Å². The molecule has 23 heavy (non-hydrogen) atoms. The first-order valence-corrected chi connectivity index (χ1v) is 7.28. The van der Waals surface area contributed by atoms with Gasteiger partial charge in [0.1, 0.15) is 5.69 Å². The lowest BCUT2D eigenvalue weighted by Crippen LogP contribution is -1.99. The minimum absolute atomic E-state index is 0.0262. The molecule has 0 saturated carbocycles. The summed E-state index contributed by atoms with van der Waals surface area (Å²) in [7, 11) is 0. The quantitative estimate of drug-likeness (QED) is 0.750. The van der Waals surface area contributed by atoms with E-state index in [-0.39, 0.29) is 5.78 Å². The first-order chi connectivity index (χ1) is 11.1. The van der Waals surface area contributed by atoms with Crippen LogP contribution in [0.3, 0.4) is 0 Å². The summed E-state index contributed by atoms with van der Waals surface area (Å²) < 4.78 is 1.85. The number of ketones is 1. The highest BCUT2D eigenvalue weighted by Crippen LogP contribution is 2.24. The molecule has 1 heterocycles. The van der Waals surface area contributed by atoms with Crippen molar-refractivity contribution >= 4 is 28.5 Å². The zero-order chi connectivity index (χ0) is 16.4. The van der Waals surface area contributed by atoms with Gasteiger partial charge in [-0.3, -0.25) is 4.79 Å². The second-order valence-corrected chi connectivity index (χ2v) is 5.34. The third-order valence-electron chi connectivity index (χ3n) is 3.54. The van der Waals surface area contributed by atoms with Crippen molar-refractivity contribution in [1.82, 2.24) is 9.78 Å². The number of carbonyl (C=O) groups excluding carboxylic acids is 1. The van der Waals surface area contributed by atoms with Crippen molar-refractivity contribution in [3.05, 3.63) is 72.4 Å². The van der Waals surface area contributed by atoms with Gasteiger partial charge in [-0.15, -0.1) is 0 Å². The topological polar surface area (TPSA) is 60.9 Å². The van der Waals surface area contributed by atoms with Crippen molar-refractivity contribution < 1.29 is 4.79 Å². The van der Waals surface area contributed by atoms with Crippen LogP contribution < -0.4 is 5.73 Å². The predicted molar refractivity (Wildman–Crippen MR) is 94.0 cm³/mol. The highest BCUT2D eigenvalue weighted by Gasteiger charge is 2.12. The third kappa shape index (κ3) is 2.92. The van der Waals surface area contributed by atoms with Gasteiger partial charge < -0.3 is 5.73 Å². The van der Waals surface area contributed by atoms with E-state index < -0.39 is 0 Å². The summed E-state index contributed by atoms with van der Waals surface area (Å²) in [4.78, 5) is 11.0. The van der Waals surface area contributed by atoms with E-state index in [1.54, 1.807) is 12.2 Å². The van der Waals surface area contributed by atoms with Gasteiger partial charge in [0.15, 0.2) is 5.78 Å². The molecular weight excluding hydrogens is 286 g/mol. The van der Waals surface area contributed by atoms with Gasteiger partial charge in [0, 0.05) is 5.39 Å². The number of rotatable bonds is 4. The van der Waals surface area contributed by atoms with Crippen LogP contribution >= 0.6 is 0 Å². The summed E-state index contributed by atoms with van der Waals surface area (Å²) in [6.45, 7) is 5.33. The second kappa shape index (κ2) is 5.93. The third-order valence-corrected chi connectivity index (χ3v) is 3.54. The van der Waals surface area contributed by atoms with E-state index in [1.165, 1.54) is 6.92 Å². The molecule has 0 saturated heterocycles. The number of hydrogen-bond acceptors (Lipinski definition) is 3. The number of para-hydroxylation sites is 1. The number of hydrogen-bond donors (Lipinski definition) is 1. The molecule has 0 radical (unpaired) electrons. The molecule has 0 aliphatic heterocycles. The Morgan fingerprint density at radius 2 is 1.87 bits per heavy atom. The number of allylic oxidation sites excluding steroid dienone is 1. The maximum Gasteiger partial charge on any atom is 0.152 e. The molecule has 0 amide bonds. The summed E-state index contributed by atoms with van der Waals surface area (Å²) in [5, 5.41) is 5.56. The minimum Gasteiger partial charge on any atom is -0.397 e. The van der Waals surface area contributed by atoms with E-state index in [2.05, 4.69) is 11.7 Å². The lowest BCUT2D eigenvalue weighted by atomic mass is 10.1. The fraction of sp³-hybridized carbons (Fsp3) is 0.0526. The van der Waals surface area contributed by atoms with Crippen LogP contribution in [-0.2, 0) is 4.79 Å². The molecule has 0 atom stereocenters. The molecule has 114 valence electrons. The van der Waals surface area contributed by atoms with Gasteiger partial charge in [-0.2, -0.15) is 5.10 Å². The highest BCUT2D eigenvalue weighted by molar-refractivity contribution is 5.92. The van der Waals surface area contributed by atoms with Gasteiger partial charge in [0.25, 0.3) is 0 Å². The Kier molecular flexibility index (Phi) is 3.81.